The summed E-state index contributed by atoms with van der Waals surface area (Å²) in [5, 5.41) is 9.21. The highest BCUT2D eigenvalue weighted by atomic mass is 35.5. The molecule has 0 aromatic rings. The Morgan fingerprint density at radius 3 is 2.00 bits per heavy atom. The monoisotopic (exact) mass is 199 g/mol. The van der Waals surface area contributed by atoms with Crippen LogP contribution in [0.2, 0.25) is 0 Å². The van der Waals surface area contributed by atoms with E-state index in [2.05, 4.69) is 0 Å². The van der Waals surface area contributed by atoms with Gasteiger partial charge in [-0.25, -0.2) is 8.78 Å². The van der Waals surface area contributed by atoms with Crippen LogP contribution in [0.4, 0.5) is 8.78 Å². The molecule has 3 N–H and O–H groups in total. The maximum atomic E-state index is 12.4. The first-order valence-electron chi connectivity index (χ1n) is 3.78. The van der Waals surface area contributed by atoms with E-state index in [0.717, 1.165) is 0 Å². The smallest absolute Gasteiger partial charge is 0.249 e. The molecule has 2 atom stereocenters. The minimum absolute atomic E-state index is 0. The zero-order chi connectivity index (χ0) is 8.28. The van der Waals surface area contributed by atoms with Gasteiger partial charge in [-0.05, 0) is 6.42 Å². The first kappa shape index (κ1) is 10.2. The van der Waals surface area contributed by atoms with Crippen molar-refractivity contribution >= 4 is 12.4 Å². The molecule has 1 spiro atoms. The fourth-order valence-corrected chi connectivity index (χ4v) is 2.21. The van der Waals surface area contributed by atoms with E-state index in [1.807, 2.05) is 0 Å². The van der Waals surface area contributed by atoms with E-state index in [0.29, 0.717) is 6.42 Å². The molecule has 12 heavy (non-hydrogen) atoms. The molecule has 2 aliphatic carbocycles. The zero-order valence-corrected chi connectivity index (χ0v) is 7.28. The highest BCUT2D eigenvalue weighted by molar-refractivity contribution is 5.85. The molecule has 0 unspecified atom stereocenters. The average molecular weight is 200 g/mol. The quantitative estimate of drug-likeness (QED) is 0.610. The first-order chi connectivity index (χ1) is 4.96. The van der Waals surface area contributed by atoms with Gasteiger partial charge in [0.2, 0.25) is 5.92 Å². The van der Waals surface area contributed by atoms with Crippen LogP contribution in [0.5, 0.6) is 0 Å². The lowest BCUT2D eigenvalue weighted by Gasteiger charge is -2.60. The third kappa shape index (κ3) is 1.05. The van der Waals surface area contributed by atoms with Crippen molar-refractivity contribution in [2.75, 3.05) is 0 Å². The Kier molecular flexibility index (Phi) is 2.14. The molecule has 0 saturated heterocycles. The van der Waals surface area contributed by atoms with Gasteiger partial charge in [-0.1, -0.05) is 0 Å². The number of rotatable bonds is 0. The Balaban J connectivity index is 0.000000720. The number of aliphatic hydroxyl groups is 1. The fraction of sp³-hybridized carbons (Fsp3) is 1.00. The van der Waals surface area contributed by atoms with Crippen molar-refractivity contribution in [2.45, 2.75) is 37.3 Å². The SMILES string of the molecule is Cl.N[C@@H]1C[C@H](O)C12CC(F)(F)C2. The number of hydrogen-bond acceptors (Lipinski definition) is 2. The first-order valence-corrected chi connectivity index (χ1v) is 3.78. The summed E-state index contributed by atoms with van der Waals surface area (Å²) in [6.07, 6.45) is -0.544. The molecule has 2 saturated carbocycles. The Morgan fingerprint density at radius 2 is 1.83 bits per heavy atom. The number of hydrogen-bond donors (Lipinski definition) is 2. The molecule has 5 heteroatoms. The van der Waals surface area contributed by atoms with Gasteiger partial charge in [0, 0.05) is 24.3 Å². The second-order valence-electron chi connectivity index (χ2n) is 3.80. The van der Waals surface area contributed by atoms with Crippen molar-refractivity contribution in [3.05, 3.63) is 0 Å². The minimum Gasteiger partial charge on any atom is -0.392 e. The van der Waals surface area contributed by atoms with Crippen molar-refractivity contribution in [2.24, 2.45) is 11.1 Å². The van der Waals surface area contributed by atoms with Crippen LogP contribution in [0.3, 0.4) is 0 Å². The molecule has 0 amide bonds. The lowest BCUT2D eigenvalue weighted by Crippen LogP contribution is -2.70. The van der Waals surface area contributed by atoms with Crippen LogP contribution in [-0.2, 0) is 0 Å². The van der Waals surface area contributed by atoms with Gasteiger partial charge in [-0.15, -0.1) is 12.4 Å². The largest absolute Gasteiger partial charge is 0.392 e. The van der Waals surface area contributed by atoms with Crippen LogP contribution >= 0.6 is 12.4 Å². The Hall–Kier alpha value is 0.0700. The lowest BCUT2D eigenvalue weighted by atomic mass is 9.50. The molecule has 2 rings (SSSR count). The van der Waals surface area contributed by atoms with Gasteiger partial charge < -0.3 is 10.8 Å². The molecule has 0 aromatic carbocycles. The molecular weight excluding hydrogens is 188 g/mol. The van der Waals surface area contributed by atoms with E-state index in [9.17, 15) is 13.9 Å². The number of alkyl halides is 2. The van der Waals surface area contributed by atoms with E-state index in [1.165, 1.54) is 0 Å². The van der Waals surface area contributed by atoms with E-state index in [1.54, 1.807) is 0 Å². The molecular formula is C7H12ClF2NO. The fourth-order valence-electron chi connectivity index (χ4n) is 2.21. The van der Waals surface area contributed by atoms with E-state index in [4.69, 9.17) is 5.73 Å². The van der Waals surface area contributed by atoms with Gasteiger partial charge in [0.05, 0.1) is 6.10 Å². The maximum Gasteiger partial charge on any atom is 0.249 e. The summed E-state index contributed by atoms with van der Waals surface area (Å²) >= 11 is 0. The van der Waals surface area contributed by atoms with Crippen molar-refractivity contribution in [1.29, 1.82) is 0 Å². The summed E-state index contributed by atoms with van der Waals surface area (Å²) < 4.78 is 24.9. The zero-order valence-electron chi connectivity index (χ0n) is 6.46. The molecule has 0 bridgehead atoms. The molecule has 2 fully saturated rings. The molecule has 0 heterocycles. The van der Waals surface area contributed by atoms with Crippen LogP contribution in [0.1, 0.15) is 19.3 Å². The van der Waals surface area contributed by atoms with Crippen LogP contribution in [0.25, 0.3) is 0 Å². The third-order valence-electron chi connectivity index (χ3n) is 3.05. The summed E-state index contributed by atoms with van der Waals surface area (Å²) in [5.74, 6) is -2.57. The molecule has 72 valence electrons. The van der Waals surface area contributed by atoms with Crippen LogP contribution < -0.4 is 5.73 Å². The predicted octanol–water partition coefficient (Wildman–Crippen LogP) is 0.916. The number of aliphatic hydroxyl groups excluding tert-OH is 1. The van der Waals surface area contributed by atoms with Crippen molar-refractivity contribution in [3.8, 4) is 0 Å². The summed E-state index contributed by atoms with van der Waals surface area (Å²) in [7, 11) is 0. The number of halogens is 3. The van der Waals surface area contributed by atoms with Gasteiger partial charge in [-0.3, -0.25) is 0 Å². The summed E-state index contributed by atoms with van der Waals surface area (Å²) in [4.78, 5) is 0. The molecule has 0 radical (unpaired) electrons. The number of nitrogens with two attached hydrogens (primary N) is 1. The normalized spacial score (nSPS) is 41.0. The van der Waals surface area contributed by atoms with Crippen molar-refractivity contribution < 1.29 is 13.9 Å². The Morgan fingerprint density at radius 1 is 1.33 bits per heavy atom. The van der Waals surface area contributed by atoms with Crippen LogP contribution in [0, 0.1) is 5.41 Å². The molecule has 0 aliphatic heterocycles. The third-order valence-corrected chi connectivity index (χ3v) is 3.05. The maximum absolute atomic E-state index is 12.4. The van der Waals surface area contributed by atoms with Gasteiger partial charge in [0.25, 0.3) is 0 Å². The topological polar surface area (TPSA) is 46.2 Å². The van der Waals surface area contributed by atoms with Gasteiger partial charge >= 0.3 is 0 Å². The van der Waals surface area contributed by atoms with Gasteiger partial charge in [0.15, 0.2) is 0 Å². The van der Waals surface area contributed by atoms with Crippen LogP contribution in [0.15, 0.2) is 0 Å². The standard InChI is InChI=1S/C7H11F2NO.ClH/c8-7(9)2-6(3-7)4(10)1-5(6)11;/h4-5,11H,1-3,10H2;1H/t4-,5+;/m1./s1. The highest BCUT2D eigenvalue weighted by Gasteiger charge is 2.67. The predicted molar refractivity (Wildman–Crippen MR) is 42.5 cm³/mol. The molecule has 2 nitrogen and oxygen atoms in total. The van der Waals surface area contributed by atoms with Crippen LogP contribution in [-0.4, -0.2) is 23.2 Å². The van der Waals surface area contributed by atoms with E-state index >= 15 is 0 Å². The average Bonchev–Trinajstić information content (AvgIpc) is 1.83. The van der Waals surface area contributed by atoms with E-state index < -0.39 is 17.4 Å². The second kappa shape index (κ2) is 2.53. The van der Waals surface area contributed by atoms with Gasteiger partial charge in [0.1, 0.15) is 0 Å². The van der Waals surface area contributed by atoms with Crippen molar-refractivity contribution in [1.82, 2.24) is 0 Å². The summed E-state index contributed by atoms with van der Waals surface area (Å²) in [6, 6.07) is -0.211. The second-order valence-corrected chi connectivity index (χ2v) is 3.80. The summed E-state index contributed by atoms with van der Waals surface area (Å²) in [6.45, 7) is 0. The Labute approximate surface area is 75.5 Å². The molecule has 0 aromatic heterocycles. The summed E-state index contributed by atoms with van der Waals surface area (Å²) in [5.41, 5.74) is 4.92. The van der Waals surface area contributed by atoms with E-state index in [-0.39, 0.29) is 31.3 Å². The van der Waals surface area contributed by atoms with Gasteiger partial charge in [-0.2, -0.15) is 0 Å². The lowest BCUT2D eigenvalue weighted by molar-refractivity contribution is -0.249. The minimum atomic E-state index is -2.57. The van der Waals surface area contributed by atoms with Crippen molar-refractivity contribution in [3.63, 3.8) is 0 Å². The highest BCUT2D eigenvalue weighted by Crippen LogP contribution is 2.61. The molecule has 2 aliphatic rings. The Bertz CT molecular complexity index is 182.